The number of H-pyrrole nitrogens is 1. The first-order valence-electron chi connectivity index (χ1n) is 5.62. The monoisotopic (exact) mass is 255 g/mol. The lowest BCUT2D eigenvalue weighted by Gasteiger charge is -2.03. The fraction of sp³-hybridized carbons (Fsp3) is 0. The van der Waals surface area contributed by atoms with E-state index in [0.717, 1.165) is 0 Å². The number of aromatic nitrogens is 1. The smallest absolute Gasteiger partial charge is 0.417 e. The molecule has 0 aliphatic carbocycles. The lowest BCUT2D eigenvalue weighted by Crippen LogP contribution is -2.07. The van der Waals surface area contributed by atoms with Gasteiger partial charge in [-0.05, 0) is 24.3 Å². The van der Waals surface area contributed by atoms with E-state index in [1.165, 1.54) is 6.07 Å². The number of fused-ring (bicyclic) bond motifs is 1. The van der Waals surface area contributed by atoms with Gasteiger partial charge in [0.1, 0.15) is 5.75 Å². The molecule has 1 N–H and O–H groups in total. The van der Waals surface area contributed by atoms with Gasteiger partial charge in [-0.25, -0.2) is 9.59 Å². The highest BCUT2D eigenvalue weighted by Crippen LogP contribution is 2.19. The number of hydrogen-bond acceptors (Lipinski definition) is 4. The maximum Gasteiger partial charge on any atom is 0.417 e. The molecule has 0 aliphatic heterocycles. The number of carbonyl (C=O) groups excluding carboxylic acids is 1. The third-order valence-corrected chi connectivity index (χ3v) is 2.61. The van der Waals surface area contributed by atoms with Crippen LogP contribution in [-0.2, 0) is 0 Å². The van der Waals surface area contributed by atoms with Gasteiger partial charge in [-0.3, -0.25) is 4.98 Å². The van der Waals surface area contributed by atoms with Gasteiger partial charge >= 0.3 is 11.7 Å². The molecule has 5 nitrogen and oxygen atoms in total. The summed E-state index contributed by atoms with van der Waals surface area (Å²) in [6.45, 7) is 0. The zero-order valence-electron chi connectivity index (χ0n) is 9.75. The summed E-state index contributed by atoms with van der Waals surface area (Å²) in [7, 11) is 0. The summed E-state index contributed by atoms with van der Waals surface area (Å²) in [5.41, 5.74) is 1.37. The van der Waals surface area contributed by atoms with Crippen molar-refractivity contribution in [3.63, 3.8) is 0 Å². The zero-order valence-corrected chi connectivity index (χ0v) is 9.75. The van der Waals surface area contributed by atoms with Gasteiger partial charge in [0.2, 0.25) is 0 Å². The Morgan fingerprint density at radius 3 is 2.68 bits per heavy atom. The molecule has 0 fully saturated rings. The summed E-state index contributed by atoms with van der Waals surface area (Å²) >= 11 is 0. The van der Waals surface area contributed by atoms with Crippen molar-refractivity contribution in [2.45, 2.75) is 0 Å². The second kappa shape index (κ2) is 4.45. The van der Waals surface area contributed by atoms with Crippen molar-refractivity contribution in [2.24, 2.45) is 0 Å². The third kappa shape index (κ3) is 2.26. The summed E-state index contributed by atoms with van der Waals surface area (Å²) < 4.78 is 10.1. The molecule has 2 aromatic carbocycles. The summed E-state index contributed by atoms with van der Waals surface area (Å²) in [6, 6.07) is 13.4. The highest BCUT2D eigenvalue weighted by Gasteiger charge is 2.09. The second-order valence-corrected chi connectivity index (χ2v) is 3.93. The van der Waals surface area contributed by atoms with Crippen LogP contribution in [0.2, 0.25) is 0 Å². The molecule has 0 saturated carbocycles. The normalized spacial score (nSPS) is 10.5. The number of ether oxygens (including phenoxy) is 1. The van der Waals surface area contributed by atoms with Crippen LogP contribution in [-0.4, -0.2) is 11.0 Å². The first-order valence-corrected chi connectivity index (χ1v) is 5.62. The van der Waals surface area contributed by atoms with Crippen molar-refractivity contribution >= 4 is 17.1 Å². The van der Waals surface area contributed by atoms with E-state index in [0.29, 0.717) is 22.4 Å². The Kier molecular flexibility index (Phi) is 2.64. The van der Waals surface area contributed by atoms with Crippen molar-refractivity contribution in [3.05, 3.63) is 64.6 Å². The Bertz CT molecular complexity index is 786. The summed E-state index contributed by atoms with van der Waals surface area (Å²) in [5.74, 6) is -0.677. The Balaban J connectivity index is 1.89. The van der Waals surface area contributed by atoms with Gasteiger partial charge in [0, 0.05) is 6.07 Å². The fourth-order valence-electron chi connectivity index (χ4n) is 1.73. The summed E-state index contributed by atoms with van der Waals surface area (Å²) in [6.07, 6.45) is 0. The van der Waals surface area contributed by atoms with E-state index >= 15 is 0 Å². The highest BCUT2D eigenvalue weighted by molar-refractivity contribution is 5.91. The van der Waals surface area contributed by atoms with E-state index in [1.54, 1.807) is 36.4 Å². The maximum atomic E-state index is 11.8. The molecule has 0 aliphatic rings. The Hall–Kier alpha value is -2.82. The minimum atomic E-state index is -0.540. The third-order valence-electron chi connectivity index (χ3n) is 2.61. The van der Waals surface area contributed by atoms with E-state index in [2.05, 4.69) is 4.98 Å². The van der Waals surface area contributed by atoms with E-state index in [4.69, 9.17) is 9.15 Å². The van der Waals surface area contributed by atoms with Crippen molar-refractivity contribution in [1.29, 1.82) is 0 Å². The number of aromatic amines is 1. The molecule has 94 valence electrons. The van der Waals surface area contributed by atoms with Gasteiger partial charge in [0.15, 0.2) is 5.58 Å². The molecule has 19 heavy (non-hydrogen) atoms. The van der Waals surface area contributed by atoms with Crippen molar-refractivity contribution in [1.82, 2.24) is 4.98 Å². The van der Waals surface area contributed by atoms with Crippen LogP contribution in [0, 0.1) is 0 Å². The average Bonchev–Trinajstić information content (AvgIpc) is 2.79. The summed E-state index contributed by atoms with van der Waals surface area (Å²) in [4.78, 5) is 25.4. The molecular weight excluding hydrogens is 246 g/mol. The second-order valence-electron chi connectivity index (χ2n) is 3.93. The van der Waals surface area contributed by atoms with Crippen LogP contribution in [0.1, 0.15) is 10.4 Å². The number of esters is 1. The van der Waals surface area contributed by atoms with Gasteiger partial charge in [-0.1, -0.05) is 18.2 Å². The van der Waals surface area contributed by atoms with Crippen molar-refractivity contribution in [2.75, 3.05) is 0 Å². The van der Waals surface area contributed by atoms with Gasteiger partial charge in [0.25, 0.3) is 0 Å². The fourth-order valence-corrected chi connectivity index (χ4v) is 1.73. The molecule has 0 atom stereocenters. The molecule has 3 aromatic rings. The molecule has 0 spiro atoms. The molecule has 1 heterocycles. The minimum absolute atomic E-state index is 0.323. The van der Waals surface area contributed by atoms with Crippen molar-refractivity contribution < 1.29 is 13.9 Å². The standard InChI is InChI=1S/C14H9NO4/c16-13(9-4-2-1-3-5-9)18-10-6-7-11-12(8-10)19-14(17)15-11/h1-8H,(H,15,17). The van der Waals surface area contributed by atoms with Crippen LogP contribution in [0.4, 0.5) is 0 Å². The minimum Gasteiger partial charge on any atom is -0.423 e. The zero-order chi connectivity index (χ0) is 13.2. The Morgan fingerprint density at radius 1 is 1.11 bits per heavy atom. The van der Waals surface area contributed by atoms with Gasteiger partial charge in [-0.15, -0.1) is 0 Å². The molecule has 0 saturated heterocycles. The highest BCUT2D eigenvalue weighted by atomic mass is 16.5. The van der Waals surface area contributed by atoms with Crippen LogP contribution in [0.25, 0.3) is 11.1 Å². The first kappa shape index (κ1) is 11.3. The average molecular weight is 255 g/mol. The Labute approximate surface area is 107 Å². The first-order chi connectivity index (χ1) is 9.22. The number of rotatable bonds is 2. The predicted molar refractivity (Wildman–Crippen MR) is 68.2 cm³/mol. The van der Waals surface area contributed by atoms with Gasteiger partial charge < -0.3 is 9.15 Å². The number of nitrogens with one attached hydrogen (secondary N) is 1. The van der Waals surface area contributed by atoms with Crippen LogP contribution in [0.5, 0.6) is 5.75 Å². The van der Waals surface area contributed by atoms with Gasteiger partial charge in [0.05, 0.1) is 11.1 Å². The summed E-state index contributed by atoms with van der Waals surface area (Å²) in [5, 5.41) is 0. The van der Waals surface area contributed by atoms with E-state index in [1.807, 2.05) is 6.07 Å². The lowest BCUT2D eigenvalue weighted by atomic mass is 10.2. The van der Waals surface area contributed by atoms with Crippen LogP contribution in [0.3, 0.4) is 0 Å². The molecule has 1 aromatic heterocycles. The van der Waals surface area contributed by atoms with E-state index in [9.17, 15) is 9.59 Å². The van der Waals surface area contributed by atoms with E-state index in [-0.39, 0.29) is 0 Å². The molecule has 0 bridgehead atoms. The number of oxazole rings is 1. The topological polar surface area (TPSA) is 72.3 Å². The SMILES string of the molecule is O=C(Oc1ccc2[nH]c(=O)oc2c1)c1ccccc1. The Morgan fingerprint density at radius 2 is 1.89 bits per heavy atom. The lowest BCUT2D eigenvalue weighted by molar-refractivity contribution is 0.0735. The largest absolute Gasteiger partial charge is 0.423 e. The number of hydrogen-bond donors (Lipinski definition) is 1. The molecule has 5 heteroatoms. The molecule has 0 unspecified atom stereocenters. The van der Waals surface area contributed by atoms with Crippen molar-refractivity contribution in [3.8, 4) is 5.75 Å². The number of carbonyl (C=O) groups is 1. The molecule has 0 radical (unpaired) electrons. The van der Waals surface area contributed by atoms with Crippen LogP contribution >= 0.6 is 0 Å². The molecule has 0 amide bonds. The molecular formula is C14H9NO4. The molecule has 3 rings (SSSR count). The maximum absolute atomic E-state index is 11.8. The van der Waals surface area contributed by atoms with E-state index < -0.39 is 11.7 Å². The predicted octanol–water partition coefficient (Wildman–Crippen LogP) is 2.34. The quantitative estimate of drug-likeness (QED) is 0.563. The number of benzene rings is 2. The van der Waals surface area contributed by atoms with Gasteiger partial charge in [-0.2, -0.15) is 0 Å². The van der Waals surface area contributed by atoms with Crippen LogP contribution < -0.4 is 10.5 Å². The van der Waals surface area contributed by atoms with Crippen LogP contribution in [0.15, 0.2) is 57.7 Å².